The molecule has 0 saturated heterocycles. The van der Waals surface area contributed by atoms with E-state index in [0.29, 0.717) is 27.8 Å². The molecule has 0 spiro atoms. The van der Waals surface area contributed by atoms with Gasteiger partial charge in [-0.2, -0.15) is 0 Å². The van der Waals surface area contributed by atoms with E-state index in [1.807, 2.05) is 12.1 Å². The molecule has 1 heterocycles. The predicted octanol–water partition coefficient (Wildman–Crippen LogP) is 3.98. The number of fused-ring (bicyclic) bond motifs is 1. The zero-order valence-electron chi connectivity index (χ0n) is 16.1. The van der Waals surface area contributed by atoms with Crippen LogP contribution in [0.2, 0.25) is 0 Å². The molecule has 1 amide bonds. The highest BCUT2D eigenvalue weighted by atomic mass is 32.1. The van der Waals surface area contributed by atoms with Gasteiger partial charge in [-0.25, -0.2) is 4.39 Å². The van der Waals surface area contributed by atoms with E-state index in [1.54, 1.807) is 25.2 Å². The van der Waals surface area contributed by atoms with Gasteiger partial charge in [-0.3, -0.25) is 14.2 Å². The molecule has 3 aromatic rings. The number of aromatic amines is 1. The molecule has 7 heteroatoms. The number of halogens is 1. The monoisotopic (exact) mass is 411 g/mol. The van der Waals surface area contributed by atoms with Crippen molar-refractivity contribution in [3.8, 4) is 0 Å². The molecule has 0 aliphatic heterocycles. The van der Waals surface area contributed by atoms with Crippen LogP contribution in [-0.4, -0.2) is 22.0 Å². The van der Waals surface area contributed by atoms with E-state index in [9.17, 15) is 14.0 Å². The smallest absolute Gasteiger partial charge is 0.261 e. The zero-order valence-corrected chi connectivity index (χ0v) is 16.9. The SMILES string of the molecule is Cn1c(=S)[nH]c2cc(C(=O)NCC3(c4ccc(F)cc4)CCCC3)ccc2c1=O. The third kappa shape index (κ3) is 3.62. The molecule has 4 rings (SSSR count). The minimum atomic E-state index is -0.259. The van der Waals surface area contributed by atoms with Gasteiger partial charge < -0.3 is 10.3 Å². The fraction of sp³-hybridized carbons (Fsp3) is 0.318. The van der Waals surface area contributed by atoms with E-state index in [2.05, 4.69) is 10.3 Å². The lowest BCUT2D eigenvalue weighted by atomic mass is 9.78. The molecule has 0 atom stereocenters. The quantitative estimate of drug-likeness (QED) is 0.638. The van der Waals surface area contributed by atoms with Gasteiger partial charge in [0, 0.05) is 24.6 Å². The van der Waals surface area contributed by atoms with Crippen molar-refractivity contribution >= 4 is 29.0 Å². The lowest BCUT2D eigenvalue weighted by Gasteiger charge is -2.30. The Morgan fingerprint density at radius 3 is 2.59 bits per heavy atom. The van der Waals surface area contributed by atoms with Gasteiger partial charge in [-0.05, 0) is 61.0 Å². The van der Waals surface area contributed by atoms with E-state index < -0.39 is 0 Å². The number of H-pyrrole nitrogens is 1. The maximum atomic E-state index is 13.3. The molecule has 1 saturated carbocycles. The van der Waals surface area contributed by atoms with Crippen molar-refractivity contribution in [2.45, 2.75) is 31.1 Å². The minimum Gasteiger partial charge on any atom is -0.351 e. The Morgan fingerprint density at radius 1 is 1.21 bits per heavy atom. The maximum absolute atomic E-state index is 13.3. The van der Waals surface area contributed by atoms with Gasteiger partial charge in [0.15, 0.2) is 4.77 Å². The summed E-state index contributed by atoms with van der Waals surface area (Å²) >= 11 is 5.16. The van der Waals surface area contributed by atoms with Gasteiger partial charge in [0.1, 0.15) is 5.82 Å². The van der Waals surface area contributed by atoms with E-state index in [4.69, 9.17) is 12.2 Å². The number of carbonyl (C=O) groups excluding carboxylic acids is 1. The number of hydrogen-bond donors (Lipinski definition) is 2. The van der Waals surface area contributed by atoms with Gasteiger partial charge in [-0.1, -0.05) is 25.0 Å². The van der Waals surface area contributed by atoms with Gasteiger partial charge in [0.2, 0.25) is 0 Å². The molecular formula is C22H22FN3O2S. The summed E-state index contributed by atoms with van der Waals surface area (Å²) in [5.41, 5.74) is 1.69. The van der Waals surface area contributed by atoms with Crippen LogP contribution in [0.25, 0.3) is 10.9 Å². The van der Waals surface area contributed by atoms with Crippen molar-refractivity contribution in [3.05, 3.63) is 74.5 Å². The summed E-state index contributed by atoms with van der Waals surface area (Å²) in [5.74, 6) is -0.467. The fourth-order valence-corrected chi connectivity index (χ4v) is 4.41. The van der Waals surface area contributed by atoms with Crippen LogP contribution < -0.4 is 10.9 Å². The minimum absolute atomic E-state index is 0.171. The molecule has 150 valence electrons. The highest BCUT2D eigenvalue weighted by Gasteiger charge is 2.36. The zero-order chi connectivity index (χ0) is 20.6. The normalized spacial score (nSPS) is 15.5. The van der Waals surface area contributed by atoms with E-state index >= 15 is 0 Å². The number of rotatable bonds is 4. The molecule has 2 N–H and O–H groups in total. The van der Waals surface area contributed by atoms with Crippen LogP contribution in [0.1, 0.15) is 41.6 Å². The van der Waals surface area contributed by atoms with E-state index in [1.165, 1.54) is 16.7 Å². The highest BCUT2D eigenvalue weighted by Crippen LogP contribution is 2.40. The Hall–Kier alpha value is -2.80. The maximum Gasteiger partial charge on any atom is 0.261 e. The first-order chi connectivity index (χ1) is 13.9. The van der Waals surface area contributed by atoms with Crippen molar-refractivity contribution in [3.63, 3.8) is 0 Å². The van der Waals surface area contributed by atoms with Crippen LogP contribution in [-0.2, 0) is 12.5 Å². The van der Waals surface area contributed by atoms with Gasteiger partial charge in [0.25, 0.3) is 11.5 Å². The number of amides is 1. The topological polar surface area (TPSA) is 66.9 Å². The van der Waals surface area contributed by atoms with E-state index in [-0.39, 0.29) is 22.7 Å². The predicted molar refractivity (Wildman–Crippen MR) is 113 cm³/mol. The largest absolute Gasteiger partial charge is 0.351 e. The fourth-order valence-electron chi connectivity index (χ4n) is 4.22. The average Bonchev–Trinajstić information content (AvgIpc) is 3.20. The molecule has 2 aromatic carbocycles. The van der Waals surface area contributed by atoms with Crippen molar-refractivity contribution in [1.29, 1.82) is 0 Å². The molecule has 0 bridgehead atoms. The summed E-state index contributed by atoms with van der Waals surface area (Å²) in [4.78, 5) is 28.1. The summed E-state index contributed by atoms with van der Waals surface area (Å²) in [6.45, 7) is 0.488. The standard InChI is InChI=1S/C22H22FN3O2S/c1-26-20(28)17-9-4-14(12-18(17)25-21(26)29)19(27)24-13-22(10-2-3-11-22)15-5-7-16(23)8-6-15/h4-9,12H,2-3,10-11,13H2,1H3,(H,24,27)(H,25,29). The summed E-state index contributed by atoms with van der Waals surface area (Å²) in [7, 11) is 1.61. The van der Waals surface area contributed by atoms with Gasteiger partial charge >= 0.3 is 0 Å². The number of nitrogens with zero attached hydrogens (tertiary/aromatic N) is 1. The average molecular weight is 412 g/mol. The van der Waals surface area contributed by atoms with Gasteiger partial charge in [0.05, 0.1) is 10.9 Å². The third-order valence-electron chi connectivity index (χ3n) is 5.97. The van der Waals surface area contributed by atoms with Crippen molar-refractivity contribution in [2.75, 3.05) is 6.54 Å². The Bertz CT molecular complexity index is 1190. The first-order valence-electron chi connectivity index (χ1n) is 9.67. The molecular weight excluding hydrogens is 389 g/mol. The van der Waals surface area contributed by atoms with Crippen molar-refractivity contribution in [2.24, 2.45) is 7.05 Å². The molecule has 29 heavy (non-hydrogen) atoms. The van der Waals surface area contributed by atoms with Gasteiger partial charge in [-0.15, -0.1) is 0 Å². The molecule has 1 aliphatic rings. The Balaban J connectivity index is 1.58. The second-order valence-electron chi connectivity index (χ2n) is 7.73. The molecule has 1 aliphatic carbocycles. The highest BCUT2D eigenvalue weighted by molar-refractivity contribution is 7.71. The molecule has 1 fully saturated rings. The van der Waals surface area contributed by atoms with Crippen LogP contribution in [0.5, 0.6) is 0 Å². The summed E-state index contributed by atoms with van der Waals surface area (Å²) in [6.07, 6.45) is 4.09. The summed E-state index contributed by atoms with van der Waals surface area (Å²) in [6, 6.07) is 11.5. The number of hydrogen-bond acceptors (Lipinski definition) is 3. The Morgan fingerprint density at radius 2 is 1.90 bits per heavy atom. The van der Waals surface area contributed by atoms with Crippen LogP contribution in [0.4, 0.5) is 4.39 Å². The summed E-state index contributed by atoms with van der Waals surface area (Å²) in [5, 5.41) is 3.53. The molecule has 0 unspecified atom stereocenters. The summed E-state index contributed by atoms with van der Waals surface area (Å²) < 4.78 is 15.0. The van der Waals surface area contributed by atoms with Crippen molar-refractivity contribution < 1.29 is 9.18 Å². The molecule has 0 radical (unpaired) electrons. The number of nitrogens with one attached hydrogen (secondary N) is 2. The third-order valence-corrected chi connectivity index (χ3v) is 6.34. The Kier molecular flexibility index (Phi) is 5.08. The van der Waals surface area contributed by atoms with Crippen LogP contribution in [0.3, 0.4) is 0 Å². The van der Waals surface area contributed by atoms with Crippen LogP contribution in [0.15, 0.2) is 47.3 Å². The number of aromatic nitrogens is 2. The number of carbonyl (C=O) groups is 1. The molecule has 1 aromatic heterocycles. The van der Waals surface area contributed by atoms with E-state index in [0.717, 1.165) is 31.2 Å². The van der Waals surface area contributed by atoms with Crippen LogP contribution in [0, 0.1) is 10.6 Å². The second-order valence-corrected chi connectivity index (χ2v) is 8.12. The number of benzene rings is 2. The van der Waals surface area contributed by atoms with Crippen LogP contribution >= 0.6 is 12.2 Å². The van der Waals surface area contributed by atoms with Crippen molar-refractivity contribution in [1.82, 2.24) is 14.9 Å². The lowest BCUT2D eigenvalue weighted by Crippen LogP contribution is -2.39. The Labute approximate surface area is 172 Å². The first kappa shape index (κ1) is 19.5. The molecule has 5 nitrogen and oxygen atoms in total. The lowest BCUT2D eigenvalue weighted by molar-refractivity contribution is 0.0943. The second kappa shape index (κ2) is 7.55. The first-order valence-corrected chi connectivity index (χ1v) is 10.1.